The van der Waals surface area contributed by atoms with Crippen molar-refractivity contribution in [3.8, 4) is 5.75 Å². The Balaban J connectivity index is 3.17. The zero-order chi connectivity index (χ0) is 9.84. The molecule has 0 radical (unpaired) electrons. The van der Waals surface area contributed by atoms with Crippen LogP contribution in [0.5, 0.6) is 5.75 Å². The molecule has 0 saturated carbocycles. The number of carbonyl (C=O) groups excluding carboxylic acids is 1. The average Bonchev–Trinajstić information content (AvgIpc) is 2.16. The average molecular weight is 179 g/mol. The van der Waals surface area contributed by atoms with E-state index < -0.39 is 0 Å². The zero-order valence-corrected chi connectivity index (χ0v) is 8.07. The number of methoxy groups -OCH3 is 1. The predicted octanol–water partition coefficient (Wildman–Crippen LogP) is 1.57. The highest BCUT2D eigenvalue weighted by molar-refractivity contribution is 5.78. The van der Waals surface area contributed by atoms with E-state index in [-0.39, 0.29) is 0 Å². The fourth-order valence-electron chi connectivity index (χ4n) is 1.13. The molecule has 1 rings (SSSR count). The second-order valence-corrected chi connectivity index (χ2v) is 2.94. The van der Waals surface area contributed by atoms with Gasteiger partial charge in [-0.1, -0.05) is 0 Å². The van der Waals surface area contributed by atoms with E-state index in [1.165, 1.54) is 0 Å². The molecule has 1 aromatic rings. The Bertz CT molecular complexity index is 308. The van der Waals surface area contributed by atoms with E-state index in [0.717, 1.165) is 17.7 Å². The van der Waals surface area contributed by atoms with Gasteiger partial charge in [0.2, 0.25) is 0 Å². The summed E-state index contributed by atoms with van der Waals surface area (Å²) in [7, 11) is 5.43. The topological polar surface area (TPSA) is 29.5 Å². The van der Waals surface area contributed by atoms with Crippen LogP contribution in [0.25, 0.3) is 0 Å². The first-order chi connectivity index (χ1) is 6.19. The Labute approximate surface area is 77.9 Å². The molecule has 0 fully saturated rings. The number of rotatable bonds is 3. The van der Waals surface area contributed by atoms with Crippen molar-refractivity contribution in [2.45, 2.75) is 0 Å². The zero-order valence-electron chi connectivity index (χ0n) is 8.07. The number of ether oxygens (including phenoxy) is 1. The number of carbonyl (C=O) groups is 1. The normalized spacial score (nSPS) is 9.46. The molecule has 0 spiro atoms. The lowest BCUT2D eigenvalue weighted by Crippen LogP contribution is -2.10. The summed E-state index contributed by atoms with van der Waals surface area (Å²) in [6, 6.07) is 5.32. The highest BCUT2D eigenvalue weighted by Crippen LogP contribution is 2.26. The van der Waals surface area contributed by atoms with Crippen molar-refractivity contribution in [1.82, 2.24) is 0 Å². The summed E-state index contributed by atoms with van der Waals surface area (Å²) < 4.78 is 5.15. The molecule has 0 aliphatic carbocycles. The summed E-state index contributed by atoms with van der Waals surface area (Å²) in [5.41, 5.74) is 1.57. The lowest BCUT2D eigenvalue weighted by atomic mass is 10.2. The quantitative estimate of drug-likeness (QED) is 0.660. The molecule has 0 aromatic heterocycles. The Hall–Kier alpha value is -1.51. The molecule has 0 amide bonds. The van der Waals surface area contributed by atoms with Crippen LogP contribution in [0.2, 0.25) is 0 Å². The van der Waals surface area contributed by atoms with Gasteiger partial charge in [-0.3, -0.25) is 4.79 Å². The molecule has 13 heavy (non-hydrogen) atoms. The molecule has 3 nitrogen and oxygen atoms in total. The number of anilines is 1. The van der Waals surface area contributed by atoms with Gasteiger partial charge in [-0.2, -0.15) is 0 Å². The molecule has 1 aromatic carbocycles. The van der Waals surface area contributed by atoms with E-state index in [0.29, 0.717) is 5.56 Å². The van der Waals surface area contributed by atoms with E-state index in [4.69, 9.17) is 4.74 Å². The molecule has 3 heteroatoms. The smallest absolute Gasteiger partial charge is 0.150 e. The molecule has 0 saturated heterocycles. The van der Waals surface area contributed by atoms with Crippen LogP contribution in [-0.4, -0.2) is 27.5 Å². The predicted molar refractivity (Wildman–Crippen MR) is 52.7 cm³/mol. The lowest BCUT2D eigenvalue weighted by molar-refractivity contribution is 0.112. The summed E-state index contributed by atoms with van der Waals surface area (Å²) in [5, 5.41) is 0. The highest BCUT2D eigenvalue weighted by Gasteiger charge is 2.05. The van der Waals surface area contributed by atoms with Crippen LogP contribution in [0.4, 0.5) is 5.69 Å². The minimum absolute atomic E-state index is 0.657. The van der Waals surface area contributed by atoms with Crippen LogP contribution >= 0.6 is 0 Å². The van der Waals surface area contributed by atoms with Gasteiger partial charge >= 0.3 is 0 Å². The van der Waals surface area contributed by atoms with Crippen molar-refractivity contribution in [1.29, 1.82) is 0 Å². The fraction of sp³-hybridized carbons (Fsp3) is 0.300. The minimum atomic E-state index is 0.657. The number of nitrogens with zero attached hydrogens (tertiary/aromatic N) is 1. The summed E-state index contributed by atoms with van der Waals surface area (Å²) in [4.78, 5) is 12.4. The van der Waals surface area contributed by atoms with Gasteiger partial charge in [0, 0.05) is 19.7 Å². The minimum Gasteiger partial charge on any atom is -0.495 e. The van der Waals surface area contributed by atoms with Crippen molar-refractivity contribution >= 4 is 12.0 Å². The molecular formula is C10H13NO2. The van der Waals surface area contributed by atoms with Gasteiger partial charge in [0.15, 0.2) is 0 Å². The van der Waals surface area contributed by atoms with Gasteiger partial charge in [-0.15, -0.1) is 0 Å². The third-order valence-corrected chi connectivity index (χ3v) is 1.82. The Morgan fingerprint density at radius 3 is 2.54 bits per heavy atom. The van der Waals surface area contributed by atoms with Crippen LogP contribution < -0.4 is 9.64 Å². The fourth-order valence-corrected chi connectivity index (χ4v) is 1.13. The molecule has 0 N–H and O–H groups in total. The highest BCUT2D eigenvalue weighted by atomic mass is 16.5. The van der Waals surface area contributed by atoms with Crippen molar-refractivity contribution < 1.29 is 9.53 Å². The van der Waals surface area contributed by atoms with E-state index in [2.05, 4.69) is 0 Å². The lowest BCUT2D eigenvalue weighted by Gasteiger charge is -2.16. The summed E-state index contributed by atoms with van der Waals surface area (Å²) >= 11 is 0. The monoisotopic (exact) mass is 179 g/mol. The molecule has 0 heterocycles. The molecular weight excluding hydrogens is 166 g/mol. The largest absolute Gasteiger partial charge is 0.495 e. The molecule has 0 bridgehead atoms. The maximum absolute atomic E-state index is 10.5. The first-order valence-electron chi connectivity index (χ1n) is 3.99. The number of benzene rings is 1. The van der Waals surface area contributed by atoms with E-state index in [9.17, 15) is 4.79 Å². The summed E-state index contributed by atoms with van der Waals surface area (Å²) in [5.74, 6) is 0.774. The van der Waals surface area contributed by atoms with Gasteiger partial charge in [0.05, 0.1) is 12.8 Å². The number of hydrogen-bond donors (Lipinski definition) is 0. The van der Waals surface area contributed by atoms with Crippen LogP contribution in [0.3, 0.4) is 0 Å². The van der Waals surface area contributed by atoms with Crippen LogP contribution in [-0.2, 0) is 0 Å². The van der Waals surface area contributed by atoms with Crippen molar-refractivity contribution in [3.05, 3.63) is 23.8 Å². The second-order valence-electron chi connectivity index (χ2n) is 2.94. The van der Waals surface area contributed by atoms with Crippen molar-refractivity contribution in [3.63, 3.8) is 0 Å². The Kier molecular flexibility index (Phi) is 2.90. The maximum atomic E-state index is 10.5. The van der Waals surface area contributed by atoms with Crippen LogP contribution in [0.15, 0.2) is 18.2 Å². The van der Waals surface area contributed by atoms with Crippen LogP contribution in [0, 0.1) is 0 Å². The summed E-state index contributed by atoms with van der Waals surface area (Å²) in [6.45, 7) is 0. The Morgan fingerprint density at radius 2 is 2.08 bits per heavy atom. The van der Waals surface area contributed by atoms with E-state index >= 15 is 0 Å². The first kappa shape index (κ1) is 9.58. The second kappa shape index (κ2) is 3.94. The maximum Gasteiger partial charge on any atom is 0.150 e. The standard InChI is InChI=1S/C10H13NO2/c1-11(2)9-6-8(7-12)4-5-10(9)13-3/h4-7H,1-3H3. The molecule has 0 unspecified atom stereocenters. The van der Waals surface area contributed by atoms with Gasteiger partial charge in [0.25, 0.3) is 0 Å². The molecule has 0 aliphatic rings. The van der Waals surface area contributed by atoms with Gasteiger partial charge in [-0.05, 0) is 18.2 Å². The third-order valence-electron chi connectivity index (χ3n) is 1.82. The van der Waals surface area contributed by atoms with Gasteiger partial charge in [0.1, 0.15) is 12.0 Å². The SMILES string of the molecule is COc1ccc(C=O)cc1N(C)C. The summed E-state index contributed by atoms with van der Waals surface area (Å²) in [6.07, 6.45) is 0.826. The molecule has 0 atom stereocenters. The molecule has 70 valence electrons. The molecule has 0 aliphatic heterocycles. The van der Waals surface area contributed by atoms with Crippen molar-refractivity contribution in [2.75, 3.05) is 26.1 Å². The Morgan fingerprint density at radius 1 is 1.38 bits per heavy atom. The van der Waals surface area contributed by atoms with E-state index in [1.807, 2.05) is 19.0 Å². The number of hydrogen-bond acceptors (Lipinski definition) is 3. The van der Waals surface area contributed by atoms with Gasteiger partial charge in [-0.25, -0.2) is 0 Å². The van der Waals surface area contributed by atoms with E-state index in [1.54, 1.807) is 25.3 Å². The third kappa shape index (κ3) is 1.99. The van der Waals surface area contributed by atoms with Crippen LogP contribution in [0.1, 0.15) is 10.4 Å². The van der Waals surface area contributed by atoms with Crippen molar-refractivity contribution in [2.24, 2.45) is 0 Å². The first-order valence-corrected chi connectivity index (χ1v) is 3.99. The van der Waals surface area contributed by atoms with Gasteiger partial charge < -0.3 is 9.64 Å². The number of aldehydes is 1.